The summed E-state index contributed by atoms with van der Waals surface area (Å²) in [5.41, 5.74) is -1.75. The number of aliphatic hydroxyl groups is 6. The van der Waals surface area contributed by atoms with Gasteiger partial charge in [-0.15, -0.1) is 0 Å². The van der Waals surface area contributed by atoms with E-state index in [-0.39, 0.29) is 0 Å². The second-order valence-corrected chi connectivity index (χ2v) is 10.7. The van der Waals surface area contributed by atoms with Crippen LogP contribution in [0.5, 0.6) is 0 Å². The molecular formula is C15H24N2O17P2. The number of aromatic nitrogens is 2. The predicted molar refractivity (Wildman–Crippen MR) is 109 cm³/mol. The summed E-state index contributed by atoms with van der Waals surface area (Å²) in [6.45, 7) is -1.93. The first-order valence-electron chi connectivity index (χ1n) is 9.99. The van der Waals surface area contributed by atoms with Gasteiger partial charge in [-0.1, -0.05) is 0 Å². The van der Waals surface area contributed by atoms with Gasteiger partial charge in [0.05, 0.1) is 13.2 Å². The Balaban J connectivity index is 1.61. The molecule has 0 aromatic carbocycles. The highest BCUT2D eigenvalue weighted by Gasteiger charge is 2.49. The molecule has 19 nitrogen and oxygen atoms in total. The molecule has 36 heavy (non-hydrogen) atoms. The third kappa shape index (κ3) is 6.54. The van der Waals surface area contributed by atoms with Crippen LogP contribution in [0.15, 0.2) is 21.9 Å². The first-order valence-corrected chi connectivity index (χ1v) is 13.0. The molecule has 1 aromatic heterocycles. The molecule has 0 radical (unpaired) electrons. The number of aromatic amines is 1. The molecule has 4 unspecified atom stereocenters. The van der Waals surface area contributed by atoms with Crippen molar-refractivity contribution in [3.63, 3.8) is 0 Å². The van der Waals surface area contributed by atoms with E-state index in [1.807, 2.05) is 4.98 Å². The van der Waals surface area contributed by atoms with E-state index >= 15 is 0 Å². The van der Waals surface area contributed by atoms with Crippen molar-refractivity contribution in [1.29, 1.82) is 0 Å². The first-order chi connectivity index (χ1) is 16.7. The van der Waals surface area contributed by atoms with Crippen molar-refractivity contribution in [3.8, 4) is 0 Å². The Bertz CT molecular complexity index is 1120. The summed E-state index contributed by atoms with van der Waals surface area (Å²) in [6, 6.07) is 0.928. The van der Waals surface area contributed by atoms with Crippen LogP contribution >= 0.6 is 15.6 Å². The van der Waals surface area contributed by atoms with Gasteiger partial charge in [0.1, 0.15) is 42.7 Å². The van der Waals surface area contributed by atoms with Crippen molar-refractivity contribution in [1.82, 2.24) is 9.55 Å². The van der Waals surface area contributed by atoms with Crippen LogP contribution in [0.4, 0.5) is 0 Å². The van der Waals surface area contributed by atoms with Gasteiger partial charge < -0.3 is 49.9 Å². The molecule has 0 amide bonds. The Labute approximate surface area is 199 Å². The molecule has 0 spiro atoms. The van der Waals surface area contributed by atoms with Gasteiger partial charge in [-0.3, -0.25) is 23.4 Å². The molecular weight excluding hydrogens is 542 g/mol. The van der Waals surface area contributed by atoms with Gasteiger partial charge >= 0.3 is 21.3 Å². The average Bonchev–Trinajstić information content (AvgIpc) is 3.06. The summed E-state index contributed by atoms with van der Waals surface area (Å²) < 4.78 is 48.1. The van der Waals surface area contributed by atoms with E-state index in [4.69, 9.17) is 14.6 Å². The number of rotatable bonds is 9. The van der Waals surface area contributed by atoms with E-state index in [1.165, 1.54) is 0 Å². The van der Waals surface area contributed by atoms with Crippen molar-refractivity contribution in [3.05, 3.63) is 33.1 Å². The highest BCUT2D eigenvalue weighted by atomic mass is 31.3. The molecule has 9 N–H and O–H groups in total. The van der Waals surface area contributed by atoms with E-state index in [2.05, 4.69) is 13.4 Å². The number of nitrogens with zero attached hydrogens (tertiary/aromatic N) is 1. The van der Waals surface area contributed by atoms with Crippen LogP contribution in [0.25, 0.3) is 0 Å². The Morgan fingerprint density at radius 1 is 0.917 bits per heavy atom. The lowest BCUT2D eigenvalue weighted by molar-refractivity contribution is -0.280. The van der Waals surface area contributed by atoms with Gasteiger partial charge in [-0.05, 0) is 0 Å². The normalized spacial score (nSPS) is 38.4. The predicted octanol–water partition coefficient (Wildman–Crippen LogP) is -4.79. The quantitative estimate of drug-likeness (QED) is 0.127. The lowest BCUT2D eigenvalue weighted by Gasteiger charge is -2.39. The number of ether oxygens (including phenoxy) is 2. The van der Waals surface area contributed by atoms with Crippen LogP contribution in [0.2, 0.25) is 0 Å². The largest absolute Gasteiger partial charge is 0.483 e. The third-order valence-electron chi connectivity index (χ3n) is 5.16. The van der Waals surface area contributed by atoms with Gasteiger partial charge in [0.25, 0.3) is 5.56 Å². The number of nitrogens with one attached hydrogen (secondary N) is 1. The molecule has 0 saturated carbocycles. The van der Waals surface area contributed by atoms with E-state index < -0.39 is 95.4 Å². The van der Waals surface area contributed by atoms with Crippen molar-refractivity contribution in [2.75, 3.05) is 13.2 Å². The summed E-state index contributed by atoms with van der Waals surface area (Å²) in [5.74, 6) is 0. The lowest BCUT2D eigenvalue weighted by atomic mass is 10.00. The number of hydrogen-bond acceptors (Lipinski definition) is 15. The Morgan fingerprint density at radius 2 is 1.56 bits per heavy atom. The van der Waals surface area contributed by atoms with Crippen molar-refractivity contribution >= 4 is 15.6 Å². The SMILES string of the molecule is O=c1ccn([C@@H]2O[C@H](COP(=O)(O)OP(=O)(O)O[C@H]3OC(CO)[C@@H](O)C(O)[C@@H]3O)[C@H](O)[C@@H]2O)c(=O)[nH]1. The molecule has 3 heterocycles. The van der Waals surface area contributed by atoms with E-state index in [1.54, 1.807) is 0 Å². The fraction of sp³-hybridized carbons (Fsp3) is 0.733. The third-order valence-corrected chi connectivity index (χ3v) is 7.76. The topological polar surface area (TPSA) is 297 Å². The fourth-order valence-electron chi connectivity index (χ4n) is 3.35. The smallest absolute Gasteiger partial charge is 0.394 e. The first kappa shape index (κ1) is 29.2. The van der Waals surface area contributed by atoms with Gasteiger partial charge in [-0.2, -0.15) is 4.31 Å². The number of phosphoric acid groups is 2. The highest BCUT2D eigenvalue weighted by Crippen LogP contribution is 2.61. The zero-order valence-electron chi connectivity index (χ0n) is 17.9. The monoisotopic (exact) mass is 566 g/mol. The summed E-state index contributed by atoms with van der Waals surface area (Å²) in [5, 5.41) is 58.6. The molecule has 2 aliphatic heterocycles. The zero-order chi connectivity index (χ0) is 27.0. The zero-order valence-corrected chi connectivity index (χ0v) is 19.6. The number of hydrogen-bond donors (Lipinski definition) is 9. The summed E-state index contributed by atoms with van der Waals surface area (Å²) in [6.07, 6.45) is -15.4. The van der Waals surface area contributed by atoms with Crippen LogP contribution in [-0.2, 0) is 32.0 Å². The molecule has 11 atom stereocenters. The van der Waals surface area contributed by atoms with Crippen LogP contribution in [0, 0.1) is 0 Å². The van der Waals surface area contributed by atoms with Gasteiger partial charge in [0, 0.05) is 12.3 Å². The standard InChI is InChI=1S/C15H24N2O17P2/c18-3-5-8(20)10(22)12(24)14(32-5)33-36(28,29)34-35(26,27)30-4-6-9(21)11(23)13(31-6)17-2-1-7(19)16-15(17)25/h1-2,5-6,8-14,18,20-24H,3-4H2,(H,26,27)(H,28,29)(H,16,19,25)/t5?,6-,8-,9+,10?,11+,12+,13-,14-/m1/s1. The number of H-pyrrole nitrogens is 1. The molecule has 0 bridgehead atoms. The molecule has 3 rings (SSSR count). The minimum absolute atomic E-state index is 0.723. The van der Waals surface area contributed by atoms with Gasteiger partial charge in [0.2, 0.25) is 0 Å². The minimum Gasteiger partial charge on any atom is -0.394 e. The molecule has 206 valence electrons. The molecule has 2 saturated heterocycles. The van der Waals surface area contributed by atoms with Gasteiger partial charge in [0.15, 0.2) is 12.5 Å². The average molecular weight is 566 g/mol. The molecule has 1 aromatic rings. The summed E-state index contributed by atoms with van der Waals surface area (Å²) in [4.78, 5) is 44.5. The van der Waals surface area contributed by atoms with E-state index in [0.717, 1.165) is 16.8 Å². The van der Waals surface area contributed by atoms with Crippen LogP contribution in [0.3, 0.4) is 0 Å². The lowest BCUT2D eigenvalue weighted by Crippen LogP contribution is -2.58. The Morgan fingerprint density at radius 3 is 2.17 bits per heavy atom. The van der Waals surface area contributed by atoms with Gasteiger partial charge in [-0.25, -0.2) is 13.9 Å². The summed E-state index contributed by atoms with van der Waals surface area (Å²) >= 11 is 0. The second-order valence-electron chi connectivity index (χ2n) is 7.68. The Hall–Kier alpha value is -1.38. The van der Waals surface area contributed by atoms with Crippen LogP contribution < -0.4 is 11.2 Å². The van der Waals surface area contributed by atoms with E-state index in [9.17, 15) is 54.0 Å². The molecule has 21 heteroatoms. The highest BCUT2D eigenvalue weighted by molar-refractivity contribution is 7.61. The maximum absolute atomic E-state index is 12.2. The van der Waals surface area contributed by atoms with Crippen LogP contribution in [-0.4, -0.2) is 112 Å². The molecule has 2 aliphatic rings. The molecule has 2 fully saturated rings. The molecule has 0 aliphatic carbocycles. The van der Waals surface area contributed by atoms with Crippen LogP contribution in [0.1, 0.15) is 6.23 Å². The summed E-state index contributed by atoms with van der Waals surface area (Å²) in [7, 11) is -11.1. The number of phosphoric ester groups is 2. The van der Waals surface area contributed by atoms with E-state index in [0.29, 0.717) is 0 Å². The maximum Gasteiger partial charge on any atom is 0.483 e. The Kier molecular flexibility index (Phi) is 9.05. The maximum atomic E-state index is 12.2. The number of aliphatic hydroxyl groups excluding tert-OH is 6. The van der Waals surface area contributed by atoms with Crippen molar-refractivity contribution in [2.45, 2.75) is 55.2 Å². The fourth-order valence-corrected chi connectivity index (χ4v) is 5.51. The minimum atomic E-state index is -5.59. The van der Waals surface area contributed by atoms with Crippen molar-refractivity contribution < 1.29 is 72.4 Å². The second kappa shape index (κ2) is 11.2. The van der Waals surface area contributed by atoms with Crippen molar-refractivity contribution in [2.24, 2.45) is 0 Å².